The summed E-state index contributed by atoms with van der Waals surface area (Å²) in [5.41, 5.74) is 3.64. The molecule has 1 aliphatic heterocycles. The first-order chi connectivity index (χ1) is 10.3. The van der Waals surface area contributed by atoms with Gasteiger partial charge in [-0.1, -0.05) is 54.1 Å². The van der Waals surface area contributed by atoms with Crippen LogP contribution in [-0.2, 0) is 0 Å². The van der Waals surface area contributed by atoms with E-state index in [9.17, 15) is 0 Å². The minimum absolute atomic E-state index is 0.357. The predicted octanol–water partition coefficient (Wildman–Crippen LogP) is 4.55. The van der Waals surface area contributed by atoms with Crippen LogP contribution in [-0.4, -0.2) is 23.8 Å². The quantitative estimate of drug-likeness (QED) is 0.811. The van der Waals surface area contributed by atoms with Crippen molar-refractivity contribution in [2.24, 2.45) is 5.10 Å². The second-order valence-corrected chi connectivity index (χ2v) is 5.73. The van der Waals surface area contributed by atoms with Gasteiger partial charge >= 0.3 is 0 Å². The molecule has 0 N–H and O–H groups in total. The number of benzene rings is 2. The molecule has 0 fully saturated rings. The van der Waals surface area contributed by atoms with Gasteiger partial charge in [-0.2, -0.15) is 5.10 Å². The molecule has 0 amide bonds. The Morgan fingerprint density at radius 3 is 2.48 bits per heavy atom. The zero-order valence-corrected chi connectivity index (χ0v) is 12.9. The maximum atomic E-state index is 6.01. The Labute approximate surface area is 131 Å². The SMILES string of the molecule is CCN1CCC(c2ccccc2)C(c2ccc(Cl)cc2)=N1. The molecule has 0 aromatic heterocycles. The van der Waals surface area contributed by atoms with Gasteiger partial charge in [0.05, 0.1) is 5.71 Å². The molecule has 2 nitrogen and oxygen atoms in total. The zero-order valence-electron chi connectivity index (χ0n) is 12.2. The summed E-state index contributed by atoms with van der Waals surface area (Å²) >= 11 is 6.01. The van der Waals surface area contributed by atoms with Crippen LogP contribution in [0.3, 0.4) is 0 Å². The van der Waals surface area contributed by atoms with E-state index in [2.05, 4.69) is 54.4 Å². The predicted molar refractivity (Wildman–Crippen MR) is 89.0 cm³/mol. The number of hydrazone groups is 1. The average Bonchev–Trinajstić information content (AvgIpc) is 2.56. The van der Waals surface area contributed by atoms with Crippen LogP contribution in [0, 0.1) is 0 Å². The smallest absolute Gasteiger partial charge is 0.0752 e. The fourth-order valence-electron chi connectivity index (χ4n) is 2.81. The maximum absolute atomic E-state index is 6.01. The van der Waals surface area contributed by atoms with E-state index in [0.717, 1.165) is 35.8 Å². The number of hydrogen-bond donors (Lipinski definition) is 0. The number of rotatable bonds is 3. The summed E-state index contributed by atoms with van der Waals surface area (Å²) in [6, 6.07) is 18.6. The topological polar surface area (TPSA) is 15.6 Å². The van der Waals surface area contributed by atoms with Gasteiger partial charge in [-0.05, 0) is 36.6 Å². The Morgan fingerprint density at radius 1 is 1.10 bits per heavy atom. The van der Waals surface area contributed by atoms with Gasteiger partial charge in [0.2, 0.25) is 0 Å². The maximum Gasteiger partial charge on any atom is 0.0752 e. The van der Waals surface area contributed by atoms with Crippen LogP contribution in [0.15, 0.2) is 59.7 Å². The summed E-state index contributed by atoms with van der Waals surface area (Å²) in [5, 5.41) is 7.77. The Bertz CT molecular complexity index is 619. The third kappa shape index (κ3) is 3.11. The van der Waals surface area contributed by atoms with Crippen LogP contribution in [0.4, 0.5) is 0 Å². The fourth-order valence-corrected chi connectivity index (χ4v) is 2.93. The Balaban J connectivity index is 2.01. The van der Waals surface area contributed by atoms with Gasteiger partial charge < -0.3 is 0 Å². The number of nitrogens with zero attached hydrogens (tertiary/aromatic N) is 2. The monoisotopic (exact) mass is 298 g/mol. The van der Waals surface area contributed by atoms with Gasteiger partial charge in [0.1, 0.15) is 0 Å². The summed E-state index contributed by atoms with van der Waals surface area (Å²) in [6.07, 6.45) is 1.10. The lowest BCUT2D eigenvalue weighted by atomic mass is 9.86. The van der Waals surface area contributed by atoms with Crippen molar-refractivity contribution in [1.29, 1.82) is 0 Å². The molecule has 3 rings (SSSR count). The summed E-state index contributed by atoms with van der Waals surface area (Å²) < 4.78 is 0. The lowest BCUT2D eigenvalue weighted by Gasteiger charge is -2.30. The van der Waals surface area contributed by atoms with Crippen molar-refractivity contribution in [1.82, 2.24) is 5.01 Å². The average molecular weight is 299 g/mol. The summed E-state index contributed by atoms with van der Waals surface area (Å²) in [6.45, 7) is 4.09. The van der Waals surface area contributed by atoms with Gasteiger partial charge in [-0.3, -0.25) is 5.01 Å². The zero-order chi connectivity index (χ0) is 14.7. The fraction of sp³-hybridized carbons (Fsp3) is 0.278. The van der Waals surface area contributed by atoms with Gasteiger partial charge in [-0.15, -0.1) is 0 Å². The molecule has 2 aromatic rings. The van der Waals surface area contributed by atoms with Crippen molar-refractivity contribution in [2.45, 2.75) is 19.3 Å². The molecule has 0 saturated heterocycles. The summed E-state index contributed by atoms with van der Waals surface area (Å²) in [7, 11) is 0. The van der Waals surface area contributed by atoms with Crippen molar-refractivity contribution in [3.63, 3.8) is 0 Å². The lowest BCUT2D eigenvalue weighted by molar-refractivity contribution is 0.281. The molecule has 1 atom stereocenters. The first-order valence-corrected chi connectivity index (χ1v) is 7.80. The van der Waals surface area contributed by atoms with Crippen molar-refractivity contribution >= 4 is 17.3 Å². The van der Waals surface area contributed by atoms with E-state index in [4.69, 9.17) is 16.7 Å². The van der Waals surface area contributed by atoms with Gasteiger partial charge in [-0.25, -0.2) is 0 Å². The van der Waals surface area contributed by atoms with Gasteiger partial charge in [0, 0.05) is 24.0 Å². The van der Waals surface area contributed by atoms with Crippen LogP contribution in [0.25, 0.3) is 0 Å². The van der Waals surface area contributed by atoms with Crippen LogP contribution in [0.1, 0.15) is 30.4 Å². The third-order valence-electron chi connectivity index (χ3n) is 3.96. The van der Waals surface area contributed by atoms with Gasteiger partial charge in [0.25, 0.3) is 0 Å². The molecule has 1 aliphatic rings. The molecule has 0 bridgehead atoms. The lowest BCUT2D eigenvalue weighted by Crippen LogP contribution is -2.31. The minimum Gasteiger partial charge on any atom is -0.297 e. The van der Waals surface area contributed by atoms with Crippen LogP contribution < -0.4 is 0 Å². The van der Waals surface area contributed by atoms with E-state index >= 15 is 0 Å². The first-order valence-electron chi connectivity index (χ1n) is 7.42. The minimum atomic E-state index is 0.357. The summed E-state index contributed by atoms with van der Waals surface area (Å²) in [4.78, 5) is 0. The Hall–Kier alpha value is -1.80. The molecule has 3 heteroatoms. The Kier molecular flexibility index (Phi) is 4.26. The normalized spacial score (nSPS) is 18.5. The number of halogens is 1. The standard InChI is InChI=1S/C18H19ClN2/c1-2-21-13-12-17(14-6-4-3-5-7-14)18(20-21)15-8-10-16(19)11-9-15/h3-11,17H,2,12-13H2,1H3. The molecule has 2 aromatic carbocycles. The molecule has 0 aliphatic carbocycles. The molecular formula is C18H19ClN2. The molecule has 1 heterocycles. The molecule has 0 radical (unpaired) electrons. The molecule has 0 spiro atoms. The van der Waals surface area contributed by atoms with E-state index in [1.165, 1.54) is 5.56 Å². The Morgan fingerprint density at radius 2 is 1.81 bits per heavy atom. The highest BCUT2D eigenvalue weighted by Gasteiger charge is 2.25. The van der Waals surface area contributed by atoms with Crippen molar-refractivity contribution in [3.8, 4) is 0 Å². The number of hydrogen-bond acceptors (Lipinski definition) is 2. The highest BCUT2D eigenvalue weighted by molar-refractivity contribution is 6.30. The molecule has 21 heavy (non-hydrogen) atoms. The van der Waals surface area contributed by atoms with Crippen LogP contribution >= 0.6 is 11.6 Å². The van der Waals surface area contributed by atoms with Crippen molar-refractivity contribution in [2.75, 3.05) is 13.1 Å². The van der Waals surface area contributed by atoms with E-state index in [1.807, 2.05) is 12.1 Å². The van der Waals surface area contributed by atoms with Crippen molar-refractivity contribution < 1.29 is 0 Å². The van der Waals surface area contributed by atoms with E-state index < -0.39 is 0 Å². The van der Waals surface area contributed by atoms with E-state index in [-0.39, 0.29) is 0 Å². The second-order valence-electron chi connectivity index (χ2n) is 5.29. The van der Waals surface area contributed by atoms with Gasteiger partial charge in [0.15, 0.2) is 0 Å². The van der Waals surface area contributed by atoms with E-state index in [0.29, 0.717) is 5.92 Å². The largest absolute Gasteiger partial charge is 0.297 e. The van der Waals surface area contributed by atoms with Crippen molar-refractivity contribution in [3.05, 3.63) is 70.7 Å². The first kappa shape index (κ1) is 14.2. The molecule has 0 saturated carbocycles. The molecule has 1 unspecified atom stereocenters. The van der Waals surface area contributed by atoms with Crippen LogP contribution in [0.5, 0.6) is 0 Å². The highest BCUT2D eigenvalue weighted by atomic mass is 35.5. The second kappa shape index (κ2) is 6.31. The highest BCUT2D eigenvalue weighted by Crippen LogP contribution is 2.29. The third-order valence-corrected chi connectivity index (χ3v) is 4.21. The van der Waals surface area contributed by atoms with Crippen LogP contribution in [0.2, 0.25) is 5.02 Å². The molecule has 108 valence electrons. The summed E-state index contributed by atoms with van der Waals surface area (Å²) in [5.74, 6) is 0.357. The molecular weight excluding hydrogens is 280 g/mol. The van der Waals surface area contributed by atoms with E-state index in [1.54, 1.807) is 0 Å².